The first kappa shape index (κ1) is 14.8. The zero-order valence-electron chi connectivity index (χ0n) is 10.6. The lowest BCUT2D eigenvalue weighted by Crippen LogP contribution is -2.48. The summed E-state index contributed by atoms with van der Waals surface area (Å²) in [7, 11) is 0. The molecule has 0 spiro atoms. The number of carbonyl (C=O) groups is 2. The van der Waals surface area contributed by atoms with Crippen LogP contribution in [0.4, 0.5) is 4.79 Å². The molecule has 0 aromatic carbocycles. The molecule has 104 valence electrons. The molecular formula is C12H22N2O4. The smallest absolute Gasteiger partial charge is 0.317 e. The molecule has 6 nitrogen and oxygen atoms in total. The molecule has 0 radical (unpaired) electrons. The Balaban J connectivity index is 2.43. The Labute approximate surface area is 107 Å². The second kappa shape index (κ2) is 7.92. The number of hydrogen-bond acceptors (Lipinski definition) is 3. The fourth-order valence-electron chi connectivity index (χ4n) is 2.33. The Hall–Kier alpha value is -1.30. The van der Waals surface area contributed by atoms with Crippen molar-refractivity contribution >= 4 is 12.0 Å². The second-order valence-corrected chi connectivity index (χ2v) is 4.58. The molecule has 1 saturated carbocycles. The van der Waals surface area contributed by atoms with E-state index in [1.807, 2.05) is 0 Å². The van der Waals surface area contributed by atoms with Gasteiger partial charge in [0.05, 0.1) is 13.0 Å². The summed E-state index contributed by atoms with van der Waals surface area (Å²) in [5, 5.41) is 20.1. The Kier molecular flexibility index (Phi) is 6.49. The Bertz CT molecular complexity index is 277. The van der Waals surface area contributed by atoms with Crippen molar-refractivity contribution in [1.29, 1.82) is 0 Å². The van der Waals surface area contributed by atoms with Gasteiger partial charge in [-0.1, -0.05) is 19.3 Å². The van der Waals surface area contributed by atoms with Crippen LogP contribution in [0.2, 0.25) is 0 Å². The number of urea groups is 1. The molecular weight excluding hydrogens is 236 g/mol. The van der Waals surface area contributed by atoms with Crippen molar-refractivity contribution in [2.75, 3.05) is 19.7 Å². The van der Waals surface area contributed by atoms with E-state index in [1.54, 1.807) is 4.90 Å². The summed E-state index contributed by atoms with van der Waals surface area (Å²) in [6, 6.07) is -0.0899. The highest BCUT2D eigenvalue weighted by Gasteiger charge is 2.24. The van der Waals surface area contributed by atoms with E-state index in [4.69, 9.17) is 10.2 Å². The van der Waals surface area contributed by atoms with E-state index in [9.17, 15) is 9.59 Å². The highest BCUT2D eigenvalue weighted by molar-refractivity contribution is 5.75. The molecule has 1 rings (SSSR count). The van der Waals surface area contributed by atoms with Crippen LogP contribution in [0.15, 0.2) is 0 Å². The summed E-state index contributed by atoms with van der Waals surface area (Å²) in [5.41, 5.74) is 0. The maximum atomic E-state index is 11.9. The van der Waals surface area contributed by atoms with Gasteiger partial charge in [0.15, 0.2) is 0 Å². The molecule has 0 aliphatic heterocycles. The molecule has 0 aromatic heterocycles. The van der Waals surface area contributed by atoms with E-state index in [0.29, 0.717) is 6.54 Å². The van der Waals surface area contributed by atoms with Gasteiger partial charge in [-0.2, -0.15) is 0 Å². The Morgan fingerprint density at radius 3 is 2.44 bits per heavy atom. The summed E-state index contributed by atoms with van der Waals surface area (Å²) in [4.78, 5) is 23.9. The van der Waals surface area contributed by atoms with Crippen molar-refractivity contribution in [1.82, 2.24) is 10.2 Å². The predicted octanol–water partition coefficient (Wildman–Crippen LogP) is 0.798. The zero-order valence-corrected chi connectivity index (χ0v) is 10.6. The van der Waals surface area contributed by atoms with Gasteiger partial charge in [0.25, 0.3) is 0 Å². The van der Waals surface area contributed by atoms with Crippen LogP contribution < -0.4 is 5.32 Å². The van der Waals surface area contributed by atoms with Crippen molar-refractivity contribution in [3.63, 3.8) is 0 Å². The lowest BCUT2D eigenvalue weighted by molar-refractivity contribution is -0.136. The van der Waals surface area contributed by atoms with Crippen molar-refractivity contribution in [3.05, 3.63) is 0 Å². The highest BCUT2D eigenvalue weighted by Crippen LogP contribution is 2.22. The molecule has 0 atom stereocenters. The van der Waals surface area contributed by atoms with Gasteiger partial charge in [-0.15, -0.1) is 0 Å². The normalized spacial score (nSPS) is 16.3. The van der Waals surface area contributed by atoms with Crippen molar-refractivity contribution in [2.45, 2.75) is 44.6 Å². The van der Waals surface area contributed by atoms with Crippen molar-refractivity contribution < 1.29 is 19.8 Å². The minimum atomic E-state index is -0.929. The lowest BCUT2D eigenvalue weighted by atomic mass is 9.94. The zero-order chi connectivity index (χ0) is 13.4. The number of aliphatic hydroxyl groups excluding tert-OH is 1. The number of aliphatic carboxylic acids is 1. The molecule has 6 heteroatoms. The quantitative estimate of drug-likeness (QED) is 0.657. The SMILES string of the molecule is O=C(O)CCNC(=O)N(CCO)C1CCCCC1. The maximum absolute atomic E-state index is 11.9. The molecule has 1 aliphatic carbocycles. The van der Waals surface area contributed by atoms with Crippen molar-refractivity contribution in [3.8, 4) is 0 Å². The van der Waals surface area contributed by atoms with Gasteiger partial charge in [0, 0.05) is 19.1 Å². The predicted molar refractivity (Wildman–Crippen MR) is 66.3 cm³/mol. The molecule has 0 saturated heterocycles. The first-order valence-corrected chi connectivity index (χ1v) is 6.52. The number of hydrogen-bond donors (Lipinski definition) is 3. The van der Waals surface area contributed by atoms with Gasteiger partial charge in [-0.3, -0.25) is 4.79 Å². The number of aliphatic hydroxyl groups is 1. The number of nitrogens with zero attached hydrogens (tertiary/aromatic N) is 1. The van der Waals surface area contributed by atoms with Crippen LogP contribution in [0.3, 0.4) is 0 Å². The van der Waals surface area contributed by atoms with Crippen LogP contribution in [-0.4, -0.2) is 52.9 Å². The van der Waals surface area contributed by atoms with Gasteiger partial charge < -0.3 is 20.4 Å². The highest BCUT2D eigenvalue weighted by atomic mass is 16.4. The molecule has 3 N–H and O–H groups in total. The minimum absolute atomic E-state index is 0.0666. The van der Waals surface area contributed by atoms with Gasteiger partial charge in [-0.05, 0) is 12.8 Å². The molecule has 0 heterocycles. The van der Waals surface area contributed by atoms with Gasteiger partial charge in [-0.25, -0.2) is 4.79 Å². The standard InChI is InChI=1S/C12H22N2O4/c15-9-8-14(10-4-2-1-3-5-10)12(18)13-7-6-11(16)17/h10,15H,1-9H2,(H,13,18)(H,16,17). The third-order valence-corrected chi connectivity index (χ3v) is 3.23. The van der Waals surface area contributed by atoms with E-state index in [-0.39, 0.29) is 31.6 Å². The van der Waals surface area contributed by atoms with E-state index in [1.165, 1.54) is 6.42 Å². The molecule has 18 heavy (non-hydrogen) atoms. The lowest BCUT2D eigenvalue weighted by Gasteiger charge is -2.33. The maximum Gasteiger partial charge on any atom is 0.317 e. The van der Waals surface area contributed by atoms with E-state index >= 15 is 0 Å². The minimum Gasteiger partial charge on any atom is -0.481 e. The van der Waals surface area contributed by atoms with Gasteiger partial charge in [0.2, 0.25) is 0 Å². The summed E-state index contributed by atoms with van der Waals surface area (Å²) in [6.45, 7) is 0.370. The third-order valence-electron chi connectivity index (χ3n) is 3.23. The molecule has 0 unspecified atom stereocenters. The average Bonchev–Trinajstić information content (AvgIpc) is 2.36. The van der Waals surface area contributed by atoms with Crippen LogP contribution >= 0.6 is 0 Å². The number of amides is 2. The largest absolute Gasteiger partial charge is 0.481 e. The fraction of sp³-hybridized carbons (Fsp3) is 0.833. The van der Waals surface area contributed by atoms with Crippen molar-refractivity contribution in [2.24, 2.45) is 0 Å². The first-order valence-electron chi connectivity index (χ1n) is 6.52. The summed E-state index contributed by atoms with van der Waals surface area (Å²) >= 11 is 0. The summed E-state index contributed by atoms with van der Waals surface area (Å²) in [6.07, 6.45) is 5.26. The molecule has 0 aromatic rings. The number of nitrogens with one attached hydrogen (secondary N) is 1. The van der Waals surface area contributed by atoms with Crippen LogP contribution in [0, 0.1) is 0 Å². The topological polar surface area (TPSA) is 89.9 Å². The monoisotopic (exact) mass is 258 g/mol. The Morgan fingerprint density at radius 2 is 1.89 bits per heavy atom. The van der Waals surface area contributed by atoms with E-state index < -0.39 is 5.97 Å². The summed E-state index contributed by atoms with van der Waals surface area (Å²) < 4.78 is 0. The first-order chi connectivity index (χ1) is 8.65. The third kappa shape index (κ3) is 4.91. The van der Waals surface area contributed by atoms with E-state index in [0.717, 1.165) is 25.7 Å². The van der Waals surface area contributed by atoms with Gasteiger partial charge >= 0.3 is 12.0 Å². The van der Waals surface area contributed by atoms with Crippen LogP contribution in [0.25, 0.3) is 0 Å². The number of carbonyl (C=O) groups excluding carboxylic acids is 1. The fourth-order valence-corrected chi connectivity index (χ4v) is 2.33. The van der Waals surface area contributed by atoms with Crippen LogP contribution in [0.5, 0.6) is 0 Å². The van der Waals surface area contributed by atoms with E-state index in [2.05, 4.69) is 5.32 Å². The Morgan fingerprint density at radius 1 is 1.22 bits per heavy atom. The molecule has 1 aliphatic rings. The second-order valence-electron chi connectivity index (χ2n) is 4.58. The molecule has 1 fully saturated rings. The number of carboxylic acid groups (broad SMARTS) is 1. The van der Waals surface area contributed by atoms with Gasteiger partial charge in [0.1, 0.15) is 0 Å². The number of rotatable bonds is 6. The van der Waals surface area contributed by atoms with Crippen LogP contribution in [-0.2, 0) is 4.79 Å². The number of carboxylic acids is 1. The average molecular weight is 258 g/mol. The summed E-state index contributed by atoms with van der Waals surface area (Å²) in [5.74, 6) is -0.929. The molecule has 0 bridgehead atoms. The van der Waals surface area contributed by atoms with Crippen LogP contribution in [0.1, 0.15) is 38.5 Å². The molecule has 2 amide bonds.